The second-order valence-electron chi connectivity index (χ2n) is 10.4. The molecule has 33 heavy (non-hydrogen) atoms. The lowest BCUT2D eigenvalue weighted by Gasteiger charge is -2.20. The number of carbonyl (C=O) groups is 1. The fourth-order valence-electron chi connectivity index (χ4n) is 4.62. The predicted molar refractivity (Wildman–Crippen MR) is 144 cm³/mol. The average molecular weight is 467 g/mol. The van der Waals surface area contributed by atoms with Crippen LogP contribution in [0.1, 0.15) is 156 Å². The van der Waals surface area contributed by atoms with Crippen molar-refractivity contribution in [3.8, 4) is 0 Å². The van der Waals surface area contributed by atoms with Gasteiger partial charge in [-0.1, -0.05) is 149 Å². The Kier molecular flexibility index (Phi) is 23.7. The summed E-state index contributed by atoms with van der Waals surface area (Å²) in [6.45, 7) is 9.89. The Morgan fingerprint density at radius 3 is 1.42 bits per heavy atom. The summed E-state index contributed by atoms with van der Waals surface area (Å²) in [5.74, 6) is 0.140. The second kappa shape index (κ2) is 24.3. The van der Waals surface area contributed by atoms with E-state index < -0.39 is 12.1 Å². The molecule has 0 saturated heterocycles. The van der Waals surface area contributed by atoms with Gasteiger partial charge in [-0.05, 0) is 19.3 Å². The van der Waals surface area contributed by atoms with Crippen LogP contribution >= 0.6 is 0 Å². The molecule has 0 saturated carbocycles. The summed E-state index contributed by atoms with van der Waals surface area (Å²) in [6, 6.07) is 0. The molecule has 0 aromatic rings. The first-order valence-electron chi connectivity index (χ1n) is 14.5. The van der Waals surface area contributed by atoms with Crippen LogP contribution in [-0.4, -0.2) is 23.8 Å². The van der Waals surface area contributed by atoms with E-state index in [0.29, 0.717) is 11.5 Å². The molecule has 0 heterocycles. The van der Waals surface area contributed by atoms with Crippen LogP contribution in [0.25, 0.3) is 0 Å². The maximum atomic E-state index is 11.6. The van der Waals surface area contributed by atoms with E-state index in [2.05, 4.69) is 20.4 Å². The first-order valence-corrected chi connectivity index (χ1v) is 14.5. The Hall–Kier alpha value is -0.830. The first kappa shape index (κ1) is 32.2. The number of hydrogen-bond acceptors (Lipinski definition) is 3. The molecule has 2 unspecified atom stereocenters. The van der Waals surface area contributed by atoms with E-state index in [-0.39, 0.29) is 6.61 Å². The number of aliphatic hydroxyl groups is 1. The molecule has 0 aliphatic rings. The van der Waals surface area contributed by atoms with Crippen molar-refractivity contribution < 1.29 is 14.6 Å². The van der Waals surface area contributed by atoms with Gasteiger partial charge in [0.05, 0.1) is 6.10 Å². The molecule has 0 spiro atoms. The van der Waals surface area contributed by atoms with E-state index in [4.69, 9.17) is 4.74 Å². The zero-order valence-electron chi connectivity index (χ0n) is 22.7. The van der Waals surface area contributed by atoms with Gasteiger partial charge in [0.1, 0.15) is 6.61 Å². The highest BCUT2D eigenvalue weighted by Crippen LogP contribution is 2.24. The maximum Gasteiger partial charge on any atom is 0.333 e. The molecule has 0 fully saturated rings. The van der Waals surface area contributed by atoms with Crippen molar-refractivity contribution >= 4 is 5.97 Å². The molecule has 3 nitrogen and oxygen atoms in total. The number of ether oxygens (including phenoxy) is 1. The Labute approximate surface area is 207 Å². The second-order valence-corrected chi connectivity index (χ2v) is 10.4. The highest BCUT2D eigenvalue weighted by molar-refractivity contribution is 5.86. The highest BCUT2D eigenvalue weighted by atomic mass is 16.5. The van der Waals surface area contributed by atoms with Crippen LogP contribution in [0.3, 0.4) is 0 Å². The molecule has 0 amide bonds. The summed E-state index contributed by atoms with van der Waals surface area (Å²) in [5.41, 5.74) is 0.392. The largest absolute Gasteiger partial charge is 0.460 e. The van der Waals surface area contributed by atoms with E-state index in [1.807, 2.05) is 0 Å². The predicted octanol–water partition coefficient (Wildman–Crippen LogP) is 9.31. The molecular formula is C30H58O3. The maximum absolute atomic E-state index is 11.6. The molecule has 0 rings (SSSR count). The van der Waals surface area contributed by atoms with Gasteiger partial charge < -0.3 is 9.84 Å². The van der Waals surface area contributed by atoms with Crippen LogP contribution in [0, 0.1) is 5.92 Å². The fraction of sp³-hybridized carbons (Fsp3) is 0.900. The van der Waals surface area contributed by atoms with Gasteiger partial charge in [-0.25, -0.2) is 4.79 Å². The van der Waals surface area contributed by atoms with Crippen molar-refractivity contribution in [3.63, 3.8) is 0 Å². The summed E-state index contributed by atoms with van der Waals surface area (Å²) >= 11 is 0. The molecule has 0 bridgehead atoms. The van der Waals surface area contributed by atoms with E-state index in [1.54, 1.807) is 6.92 Å². The quantitative estimate of drug-likeness (QED) is 0.0828. The molecule has 196 valence electrons. The summed E-state index contributed by atoms with van der Waals surface area (Å²) in [7, 11) is 0. The molecule has 0 aromatic heterocycles. The lowest BCUT2D eigenvalue weighted by Crippen LogP contribution is -2.22. The highest BCUT2D eigenvalue weighted by Gasteiger charge is 2.16. The molecule has 0 aliphatic carbocycles. The molecule has 1 N–H and O–H groups in total. The van der Waals surface area contributed by atoms with Gasteiger partial charge in [-0.15, -0.1) is 0 Å². The van der Waals surface area contributed by atoms with Crippen molar-refractivity contribution in [2.75, 3.05) is 6.61 Å². The first-order chi connectivity index (χ1) is 16.0. The normalized spacial score (nSPS) is 13.1. The monoisotopic (exact) mass is 466 g/mol. The van der Waals surface area contributed by atoms with Gasteiger partial charge >= 0.3 is 5.97 Å². The summed E-state index contributed by atoms with van der Waals surface area (Å²) < 4.78 is 5.17. The Morgan fingerprint density at radius 1 is 0.697 bits per heavy atom. The van der Waals surface area contributed by atoms with Gasteiger partial charge in [0.2, 0.25) is 0 Å². The van der Waals surface area contributed by atoms with Gasteiger partial charge in [0.15, 0.2) is 0 Å². The Balaban J connectivity index is 4.10. The number of aliphatic hydroxyl groups excluding tert-OH is 1. The van der Waals surface area contributed by atoms with Crippen LogP contribution in [0.15, 0.2) is 12.2 Å². The van der Waals surface area contributed by atoms with E-state index >= 15 is 0 Å². The van der Waals surface area contributed by atoms with Crippen molar-refractivity contribution in [1.82, 2.24) is 0 Å². The smallest absolute Gasteiger partial charge is 0.333 e. The number of carbonyl (C=O) groups excluding carboxylic acids is 1. The standard InChI is InChI=1S/C30H58O3/c1-5-7-9-11-13-15-16-18-20-22-24-28(23-21-19-17-14-12-10-8-6-2)25-29(31)26-33-30(32)27(3)4/h28-29,31H,3,5-26H2,1-2,4H3. The number of unbranched alkanes of at least 4 members (excludes halogenated alkanes) is 16. The summed E-state index contributed by atoms with van der Waals surface area (Å²) in [6.07, 6.45) is 26.9. The third-order valence-electron chi connectivity index (χ3n) is 6.79. The van der Waals surface area contributed by atoms with E-state index in [9.17, 15) is 9.90 Å². The molecular weight excluding hydrogens is 408 g/mol. The summed E-state index contributed by atoms with van der Waals surface area (Å²) in [5, 5.41) is 10.4. The Morgan fingerprint density at radius 2 is 1.06 bits per heavy atom. The van der Waals surface area contributed by atoms with E-state index in [0.717, 1.165) is 6.42 Å². The Bertz CT molecular complexity index is 446. The molecule has 0 aromatic carbocycles. The van der Waals surface area contributed by atoms with Crippen LogP contribution in [-0.2, 0) is 9.53 Å². The third-order valence-corrected chi connectivity index (χ3v) is 6.79. The van der Waals surface area contributed by atoms with Gasteiger partial charge in [0, 0.05) is 5.57 Å². The third kappa shape index (κ3) is 22.7. The average Bonchev–Trinajstić information content (AvgIpc) is 2.80. The van der Waals surface area contributed by atoms with Crippen LogP contribution in [0.4, 0.5) is 0 Å². The van der Waals surface area contributed by atoms with E-state index in [1.165, 1.54) is 128 Å². The van der Waals surface area contributed by atoms with Crippen molar-refractivity contribution in [1.29, 1.82) is 0 Å². The molecule has 3 heteroatoms. The minimum absolute atomic E-state index is 0.0949. The number of hydrogen-bond donors (Lipinski definition) is 1. The van der Waals surface area contributed by atoms with Crippen LogP contribution in [0.5, 0.6) is 0 Å². The van der Waals surface area contributed by atoms with Gasteiger partial charge in [-0.3, -0.25) is 0 Å². The van der Waals surface area contributed by atoms with Crippen molar-refractivity contribution in [2.45, 2.75) is 162 Å². The van der Waals surface area contributed by atoms with Crippen molar-refractivity contribution in [3.05, 3.63) is 12.2 Å². The minimum atomic E-state index is -0.560. The van der Waals surface area contributed by atoms with Gasteiger partial charge in [-0.2, -0.15) is 0 Å². The number of rotatable bonds is 25. The molecule has 2 atom stereocenters. The minimum Gasteiger partial charge on any atom is -0.460 e. The summed E-state index contributed by atoms with van der Waals surface area (Å²) in [4.78, 5) is 11.6. The van der Waals surface area contributed by atoms with Crippen molar-refractivity contribution in [2.24, 2.45) is 5.92 Å². The number of esters is 1. The lowest BCUT2D eigenvalue weighted by atomic mass is 9.89. The fourth-order valence-corrected chi connectivity index (χ4v) is 4.62. The molecule has 0 aliphatic heterocycles. The van der Waals surface area contributed by atoms with Crippen LogP contribution in [0.2, 0.25) is 0 Å². The lowest BCUT2D eigenvalue weighted by molar-refractivity contribution is -0.142. The van der Waals surface area contributed by atoms with Gasteiger partial charge in [0.25, 0.3) is 0 Å². The SMILES string of the molecule is C=C(C)C(=O)OCC(O)CC(CCCCCCCCCC)CCCCCCCCCCCC. The van der Waals surface area contributed by atoms with Crippen LogP contribution < -0.4 is 0 Å². The topological polar surface area (TPSA) is 46.5 Å². The molecule has 0 radical (unpaired) electrons. The zero-order chi connectivity index (χ0) is 24.6. The zero-order valence-corrected chi connectivity index (χ0v) is 22.7.